The summed E-state index contributed by atoms with van der Waals surface area (Å²) in [7, 11) is 0. The van der Waals surface area contributed by atoms with Gasteiger partial charge in [0.1, 0.15) is 6.29 Å². The Kier molecular flexibility index (Phi) is 11.0. The standard InChI is InChI=1S/C19H38O3/c1-18(2,13-15-20)11-7-5-9-17(22)10-6-8-12-19(3,4)14-16-21/h15,17,21-22H,5-14,16H2,1-4H3. The molecule has 1 atom stereocenters. The van der Waals surface area contributed by atoms with Crippen LogP contribution in [0.3, 0.4) is 0 Å². The van der Waals surface area contributed by atoms with E-state index >= 15 is 0 Å². The lowest BCUT2D eigenvalue weighted by Gasteiger charge is -2.23. The molecule has 22 heavy (non-hydrogen) atoms. The highest BCUT2D eigenvalue weighted by Gasteiger charge is 2.18. The average molecular weight is 315 g/mol. The Hall–Kier alpha value is -0.410. The molecule has 0 aliphatic heterocycles. The highest BCUT2D eigenvalue weighted by molar-refractivity contribution is 5.50. The lowest BCUT2D eigenvalue weighted by atomic mass is 9.83. The fourth-order valence-electron chi connectivity index (χ4n) is 2.87. The van der Waals surface area contributed by atoms with Crippen molar-refractivity contribution >= 4 is 6.29 Å². The van der Waals surface area contributed by atoms with Crippen LogP contribution in [0, 0.1) is 10.8 Å². The molecule has 2 N–H and O–H groups in total. The Bertz CT molecular complexity index is 284. The van der Waals surface area contributed by atoms with Gasteiger partial charge in [0, 0.05) is 13.0 Å². The van der Waals surface area contributed by atoms with Gasteiger partial charge in [-0.05, 0) is 42.9 Å². The molecule has 0 heterocycles. The molecule has 1 unspecified atom stereocenters. The van der Waals surface area contributed by atoms with Gasteiger partial charge in [0.25, 0.3) is 0 Å². The number of rotatable bonds is 14. The summed E-state index contributed by atoms with van der Waals surface area (Å²) in [5.41, 5.74) is 0.314. The van der Waals surface area contributed by atoms with E-state index in [1.165, 1.54) is 0 Å². The van der Waals surface area contributed by atoms with E-state index in [0.717, 1.165) is 64.1 Å². The summed E-state index contributed by atoms with van der Waals surface area (Å²) in [4.78, 5) is 10.6. The van der Waals surface area contributed by atoms with Crippen molar-refractivity contribution in [1.29, 1.82) is 0 Å². The summed E-state index contributed by atoms with van der Waals surface area (Å²) in [6, 6.07) is 0. The van der Waals surface area contributed by atoms with Gasteiger partial charge in [-0.3, -0.25) is 0 Å². The van der Waals surface area contributed by atoms with E-state index in [1.807, 2.05) is 0 Å². The maximum Gasteiger partial charge on any atom is 0.120 e. The molecule has 3 heteroatoms. The summed E-state index contributed by atoms with van der Waals surface area (Å²) < 4.78 is 0. The first-order valence-corrected chi connectivity index (χ1v) is 8.95. The first-order chi connectivity index (χ1) is 10.2. The largest absolute Gasteiger partial charge is 0.396 e. The molecule has 0 fully saturated rings. The van der Waals surface area contributed by atoms with Gasteiger partial charge in [-0.2, -0.15) is 0 Å². The van der Waals surface area contributed by atoms with Crippen LogP contribution in [0.15, 0.2) is 0 Å². The van der Waals surface area contributed by atoms with Gasteiger partial charge in [-0.15, -0.1) is 0 Å². The summed E-state index contributed by atoms with van der Waals surface area (Å²) in [6.07, 6.45) is 10.5. The third-order valence-corrected chi connectivity index (χ3v) is 4.71. The lowest BCUT2D eigenvalue weighted by molar-refractivity contribution is -0.109. The Morgan fingerprint density at radius 2 is 1.36 bits per heavy atom. The molecule has 0 spiro atoms. The van der Waals surface area contributed by atoms with E-state index in [9.17, 15) is 9.90 Å². The van der Waals surface area contributed by atoms with Gasteiger partial charge in [-0.25, -0.2) is 0 Å². The monoisotopic (exact) mass is 314 g/mol. The van der Waals surface area contributed by atoms with Gasteiger partial charge in [0.05, 0.1) is 6.10 Å². The molecular weight excluding hydrogens is 276 g/mol. The smallest absolute Gasteiger partial charge is 0.120 e. The molecule has 0 rings (SSSR count). The Balaban J connectivity index is 3.62. The molecule has 0 aliphatic rings. The van der Waals surface area contributed by atoms with E-state index in [1.54, 1.807) is 0 Å². The van der Waals surface area contributed by atoms with Crippen LogP contribution in [0.1, 0.15) is 91.9 Å². The number of aldehydes is 1. The second kappa shape index (κ2) is 11.2. The van der Waals surface area contributed by atoms with Crippen molar-refractivity contribution in [3.8, 4) is 0 Å². The SMILES string of the molecule is CC(C)(CC=O)CCCCC(O)CCCCC(C)(C)CCO. The third kappa shape index (κ3) is 12.2. The lowest BCUT2D eigenvalue weighted by Crippen LogP contribution is -2.14. The third-order valence-electron chi connectivity index (χ3n) is 4.71. The van der Waals surface area contributed by atoms with Crippen molar-refractivity contribution in [3.05, 3.63) is 0 Å². The first kappa shape index (κ1) is 21.6. The van der Waals surface area contributed by atoms with Gasteiger partial charge >= 0.3 is 0 Å². The predicted molar refractivity (Wildman–Crippen MR) is 92.9 cm³/mol. The summed E-state index contributed by atoms with van der Waals surface area (Å²) in [6.45, 7) is 8.91. The second-order valence-electron chi connectivity index (χ2n) is 8.32. The summed E-state index contributed by atoms with van der Waals surface area (Å²) in [5, 5.41) is 19.0. The fourth-order valence-corrected chi connectivity index (χ4v) is 2.87. The first-order valence-electron chi connectivity index (χ1n) is 8.95. The van der Waals surface area contributed by atoms with E-state index in [4.69, 9.17) is 5.11 Å². The van der Waals surface area contributed by atoms with E-state index < -0.39 is 0 Å². The highest BCUT2D eigenvalue weighted by atomic mass is 16.3. The van der Waals surface area contributed by atoms with Crippen LogP contribution in [0.25, 0.3) is 0 Å². The van der Waals surface area contributed by atoms with Crippen LogP contribution < -0.4 is 0 Å². The van der Waals surface area contributed by atoms with Gasteiger partial charge in [0.2, 0.25) is 0 Å². The Morgan fingerprint density at radius 1 is 0.864 bits per heavy atom. The number of carbonyl (C=O) groups excluding carboxylic acids is 1. The van der Waals surface area contributed by atoms with Gasteiger partial charge in [-0.1, -0.05) is 53.4 Å². The molecule has 0 aromatic rings. The Labute approximate surface area is 137 Å². The van der Waals surface area contributed by atoms with Crippen LogP contribution in [-0.2, 0) is 4.79 Å². The number of carbonyl (C=O) groups is 1. The van der Waals surface area contributed by atoms with Crippen molar-refractivity contribution in [2.24, 2.45) is 10.8 Å². The highest BCUT2D eigenvalue weighted by Crippen LogP contribution is 2.28. The minimum absolute atomic E-state index is 0.102. The minimum Gasteiger partial charge on any atom is -0.396 e. The molecule has 0 bridgehead atoms. The van der Waals surface area contributed by atoms with Crippen molar-refractivity contribution in [2.75, 3.05) is 6.61 Å². The molecule has 0 saturated carbocycles. The van der Waals surface area contributed by atoms with Gasteiger partial charge < -0.3 is 15.0 Å². The van der Waals surface area contributed by atoms with Crippen LogP contribution in [0.4, 0.5) is 0 Å². The normalized spacial score (nSPS) is 14.1. The van der Waals surface area contributed by atoms with Crippen LogP contribution in [-0.4, -0.2) is 29.2 Å². The number of unbranched alkanes of at least 4 members (excludes halogenated alkanes) is 2. The van der Waals surface area contributed by atoms with Gasteiger partial charge in [0.15, 0.2) is 0 Å². The van der Waals surface area contributed by atoms with Crippen LogP contribution >= 0.6 is 0 Å². The zero-order chi connectivity index (χ0) is 17.1. The molecule has 0 aromatic carbocycles. The average Bonchev–Trinajstić information content (AvgIpc) is 2.40. The van der Waals surface area contributed by atoms with Crippen molar-refractivity contribution in [1.82, 2.24) is 0 Å². The zero-order valence-electron chi connectivity index (χ0n) is 15.2. The maximum absolute atomic E-state index is 10.6. The minimum atomic E-state index is -0.185. The zero-order valence-corrected chi connectivity index (χ0v) is 15.2. The molecule has 132 valence electrons. The summed E-state index contributed by atoms with van der Waals surface area (Å²) >= 11 is 0. The Morgan fingerprint density at radius 3 is 1.82 bits per heavy atom. The molecule has 0 aliphatic carbocycles. The fraction of sp³-hybridized carbons (Fsp3) is 0.947. The molecule has 0 saturated heterocycles. The molecule has 0 aromatic heterocycles. The van der Waals surface area contributed by atoms with E-state index in [-0.39, 0.29) is 23.5 Å². The topological polar surface area (TPSA) is 57.5 Å². The molecule has 0 radical (unpaired) electrons. The van der Waals surface area contributed by atoms with E-state index in [0.29, 0.717) is 6.42 Å². The quantitative estimate of drug-likeness (QED) is 0.367. The number of aliphatic hydroxyl groups is 2. The van der Waals surface area contributed by atoms with Crippen LogP contribution in [0.5, 0.6) is 0 Å². The molecule has 0 amide bonds. The predicted octanol–water partition coefficient (Wildman–Crippen LogP) is 4.49. The van der Waals surface area contributed by atoms with Crippen molar-refractivity contribution in [3.63, 3.8) is 0 Å². The summed E-state index contributed by atoms with van der Waals surface area (Å²) in [5.74, 6) is 0. The second-order valence-corrected chi connectivity index (χ2v) is 8.32. The molecule has 3 nitrogen and oxygen atoms in total. The van der Waals surface area contributed by atoms with Crippen molar-refractivity contribution < 1.29 is 15.0 Å². The van der Waals surface area contributed by atoms with Crippen LogP contribution in [0.2, 0.25) is 0 Å². The number of hydrogen-bond acceptors (Lipinski definition) is 3. The van der Waals surface area contributed by atoms with E-state index in [2.05, 4.69) is 27.7 Å². The number of aliphatic hydroxyl groups excluding tert-OH is 2. The molecular formula is C19H38O3. The van der Waals surface area contributed by atoms with Crippen molar-refractivity contribution in [2.45, 2.75) is 98.0 Å². The number of hydrogen-bond donors (Lipinski definition) is 2. The maximum atomic E-state index is 10.6.